The summed E-state index contributed by atoms with van der Waals surface area (Å²) in [6, 6.07) is 16.7. The van der Waals surface area contributed by atoms with Crippen LogP contribution in [-0.4, -0.2) is 12.0 Å². The molecule has 0 saturated carbocycles. The standard InChI is InChI=1S/C17H17N3/c1-19-17(15-11-20-9-8-16(15)18)14-7-6-12-4-2-3-5-13(12)10-14/h2-11,17,19H,1H3,(H2,18,20). The number of anilines is 1. The third kappa shape index (κ3) is 2.24. The van der Waals surface area contributed by atoms with Crippen LogP contribution in [0.3, 0.4) is 0 Å². The number of nitrogens with zero attached hydrogens (tertiary/aromatic N) is 1. The highest BCUT2D eigenvalue weighted by molar-refractivity contribution is 5.83. The molecular formula is C17H17N3. The van der Waals surface area contributed by atoms with Crippen molar-refractivity contribution in [2.24, 2.45) is 0 Å². The van der Waals surface area contributed by atoms with Crippen LogP contribution >= 0.6 is 0 Å². The van der Waals surface area contributed by atoms with Gasteiger partial charge in [0.2, 0.25) is 0 Å². The Kier molecular flexibility index (Phi) is 3.35. The summed E-state index contributed by atoms with van der Waals surface area (Å²) >= 11 is 0. The summed E-state index contributed by atoms with van der Waals surface area (Å²) in [6.45, 7) is 0. The summed E-state index contributed by atoms with van der Waals surface area (Å²) < 4.78 is 0. The molecule has 1 unspecified atom stereocenters. The van der Waals surface area contributed by atoms with E-state index in [0.717, 1.165) is 11.3 Å². The lowest BCUT2D eigenvalue weighted by molar-refractivity contribution is 0.692. The molecule has 0 aliphatic heterocycles. The Labute approximate surface area is 118 Å². The first-order valence-electron chi connectivity index (χ1n) is 6.65. The summed E-state index contributed by atoms with van der Waals surface area (Å²) in [5.41, 5.74) is 9.01. The van der Waals surface area contributed by atoms with Crippen molar-refractivity contribution in [2.45, 2.75) is 6.04 Å². The van der Waals surface area contributed by atoms with Crippen LogP contribution in [0.2, 0.25) is 0 Å². The van der Waals surface area contributed by atoms with Crippen LogP contribution in [0.25, 0.3) is 10.8 Å². The second kappa shape index (κ2) is 5.31. The third-order valence-electron chi connectivity index (χ3n) is 3.59. The van der Waals surface area contributed by atoms with Gasteiger partial charge in [-0.25, -0.2) is 0 Å². The fraction of sp³-hybridized carbons (Fsp3) is 0.118. The summed E-state index contributed by atoms with van der Waals surface area (Å²) in [5.74, 6) is 0. The van der Waals surface area contributed by atoms with E-state index in [1.807, 2.05) is 19.3 Å². The topological polar surface area (TPSA) is 50.9 Å². The zero-order chi connectivity index (χ0) is 13.9. The smallest absolute Gasteiger partial charge is 0.0610 e. The molecule has 1 atom stereocenters. The molecule has 3 nitrogen and oxygen atoms in total. The number of hydrogen-bond donors (Lipinski definition) is 2. The predicted octanol–water partition coefficient (Wildman–Crippen LogP) is 3.13. The molecule has 20 heavy (non-hydrogen) atoms. The zero-order valence-electron chi connectivity index (χ0n) is 11.4. The first kappa shape index (κ1) is 12.6. The van der Waals surface area contributed by atoms with Gasteiger partial charge in [0.25, 0.3) is 0 Å². The van der Waals surface area contributed by atoms with Gasteiger partial charge in [0.1, 0.15) is 0 Å². The minimum Gasteiger partial charge on any atom is -0.398 e. The van der Waals surface area contributed by atoms with Crippen LogP contribution < -0.4 is 11.1 Å². The highest BCUT2D eigenvalue weighted by atomic mass is 14.9. The monoisotopic (exact) mass is 263 g/mol. The number of fused-ring (bicyclic) bond motifs is 1. The van der Waals surface area contributed by atoms with E-state index < -0.39 is 0 Å². The van der Waals surface area contributed by atoms with Crippen molar-refractivity contribution in [3.8, 4) is 0 Å². The van der Waals surface area contributed by atoms with Gasteiger partial charge >= 0.3 is 0 Å². The largest absolute Gasteiger partial charge is 0.398 e. The van der Waals surface area contributed by atoms with Crippen LogP contribution in [0.1, 0.15) is 17.2 Å². The lowest BCUT2D eigenvalue weighted by Gasteiger charge is -2.19. The minimum absolute atomic E-state index is 0.0494. The molecule has 0 amide bonds. The minimum atomic E-state index is 0.0494. The highest BCUT2D eigenvalue weighted by Crippen LogP contribution is 2.27. The number of hydrogen-bond acceptors (Lipinski definition) is 3. The first-order chi connectivity index (χ1) is 9.79. The second-order valence-corrected chi connectivity index (χ2v) is 4.83. The predicted molar refractivity (Wildman–Crippen MR) is 83.5 cm³/mol. The molecule has 100 valence electrons. The summed E-state index contributed by atoms with van der Waals surface area (Å²) in [5, 5.41) is 5.79. The van der Waals surface area contributed by atoms with E-state index in [4.69, 9.17) is 5.73 Å². The van der Waals surface area contributed by atoms with Gasteiger partial charge in [-0.15, -0.1) is 0 Å². The molecule has 0 fully saturated rings. The molecule has 0 saturated heterocycles. The molecule has 0 aliphatic carbocycles. The van der Waals surface area contributed by atoms with E-state index in [9.17, 15) is 0 Å². The SMILES string of the molecule is CNC(c1ccc2ccccc2c1)c1cnccc1N. The van der Waals surface area contributed by atoms with Gasteiger partial charge in [-0.2, -0.15) is 0 Å². The van der Waals surface area contributed by atoms with E-state index >= 15 is 0 Å². The van der Waals surface area contributed by atoms with Gasteiger partial charge in [0.05, 0.1) is 6.04 Å². The summed E-state index contributed by atoms with van der Waals surface area (Å²) in [4.78, 5) is 4.18. The van der Waals surface area contributed by atoms with Gasteiger partial charge in [-0.3, -0.25) is 4.98 Å². The molecule has 1 aromatic heterocycles. The van der Waals surface area contributed by atoms with Gasteiger partial charge in [-0.1, -0.05) is 36.4 Å². The van der Waals surface area contributed by atoms with Crippen LogP contribution in [0.4, 0.5) is 5.69 Å². The molecule has 0 radical (unpaired) electrons. The Hall–Kier alpha value is -2.39. The molecule has 0 aliphatic rings. The highest BCUT2D eigenvalue weighted by Gasteiger charge is 2.15. The number of rotatable bonds is 3. The molecule has 1 heterocycles. The Bertz CT molecular complexity index is 737. The van der Waals surface area contributed by atoms with Crippen LogP contribution in [0, 0.1) is 0 Å². The molecule has 3 rings (SSSR count). The fourth-order valence-electron chi connectivity index (χ4n) is 2.55. The zero-order valence-corrected chi connectivity index (χ0v) is 11.4. The van der Waals surface area contributed by atoms with Crippen molar-refractivity contribution in [2.75, 3.05) is 12.8 Å². The average Bonchev–Trinajstić information content (AvgIpc) is 2.50. The van der Waals surface area contributed by atoms with E-state index in [2.05, 4.69) is 52.8 Å². The van der Waals surface area contributed by atoms with E-state index in [1.54, 1.807) is 6.20 Å². The molecule has 2 aromatic carbocycles. The lowest BCUT2D eigenvalue weighted by Crippen LogP contribution is -2.19. The van der Waals surface area contributed by atoms with Crippen molar-refractivity contribution in [1.82, 2.24) is 10.3 Å². The summed E-state index contributed by atoms with van der Waals surface area (Å²) in [6.07, 6.45) is 3.54. The second-order valence-electron chi connectivity index (χ2n) is 4.83. The van der Waals surface area contributed by atoms with Gasteiger partial charge in [-0.05, 0) is 35.5 Å². The molecule has 0 spiro atoms. The molecule has 0 bridgehead atoms. The lowest BCUT2D eigenvalue weighted by atomic mass is 9.96. The number of pyridine rings is 1. The van der Waals surface area contributed by atoms with Crippen LogP contribution in [0.5, 0.6) is 0 Å². The van der Waals surface area contributed by atoms with Crippen molar-refractivity contribution in [3.63, 3.8) is 0 Å². The summed E-state index contributed by atoms with van der Waals surface area (Å²) in [7, 11) is 1.94. The maximum absolute atomic E-state index is 6.07. The van der Waals surface area contributed by atoms with E-state index in [1.165, 1.54) is 16.3 Å². The van der Waals surface area contributed by atoms with Gasteiger partial charge in [0.15, 0.2) is 0 Å². The Morgan fingerprint density at radius 1 is 1.05 bits per heavy atom. The van der Waals surface area contributed by atoms with Gasteiger partial charge in [0, 0.05) is 23.6 Å². The Morgan fingerprint density at radius 3 is 2.60 bits per heavy atom. The van der Waals surface area contributed by atoms with E-state index in [-0.39, 0.29) is 6.04 Å². The average molecular weight is 263 g/mol. The Balaban J connectivity index is 2.10. The molecule has 3 aromatic rings. The van der Waals surface area contributed by atoms with Crippen LogP contribution in [0.15, 0.2) is 60.9 Å². The number of nitrogens with two attached hydrogens (primary N) is 1. The Morgan fingerprint density at radius 2 is 1.85 bits per heavy atom. The van der Waals surface area contributed by atoms with Crippen molar-refractivity contribution in [1.29, 1.82) is 0 Å². The molecule has 3 heteroatoms. The van der Waals surface area contributed by atoms with Crippen molar-refractivity contribution < 1.29 is 0 Å². The molecular weight excluding hydrogens is 246 g/mol. The maximum Gasteiger partial charge on any atom is 0.0610 e. The number of nitrogens with one attached hydrogen (secondary N) is 1. The number of nitrogen functional groups attached to an aromatic ring is 1. The molecule has 3 N–H and O–H groups in total. The maximum atomic E-state index is 6.07. The normalized spacial score (nSPS) is 12.4. The first-order valence-corrected chi connectivity index (χ1v) is 6.65. The van der Waals surface area contributed by atoms with Crippen LogP contribution in [-0.2, 0) is 0 Å². The van der Waals surface area contributed by atoms with Gasteiger partial charge < -0.3 is 11.1 Å². The fourth-order valence-corrected chi connectivity index (χ4v) is 2.55. The number of aromatic nitrogens is 1. The number of benzene rings is 2. The van der Waals surface area contributed by atoms with E-state index in [0.29, 0.717) is 0 Å². The third-order valence-corrected chi connectivity index (χ3v) is 3.59. The quantitative estimate of drug-likeness (QED) is 0.763. The van der Waals surface area contributed by atoms with Crippen molar-refractivity contribution in [3.05, 3.63) is 72.1 Å². The van der Waals surface area contributed by atoms with Crippen molar-refractivity contribution >= 4 is 16.5 Å².